The first-order valence-electron chi connectivity index (χ1n) is 6.67. The molecule has 2 aromatic rings. The average molecular weight is 286 g/mol. The number of nitrogen functional groups attached to an aromatic ring is 1. The van der Waals surface area contributed by atoms with Gasteiger partial charge in [0.05, 0.1) is 12.2 Å². The van der Waals surface area contributed by atoms with E-state index in [0.29, 0.717) is 24.6 Å². The van der Waals surface area contributed by atoms with Gasteiger partial charge in [-0.2, -0.15) is 0 Å². The molecule has 110 valence electrons. The maximum atomic E-state index is 11.6. The standard InChI is InChI=1S/C16H18N2O3/c17-14-8-4-5-9-15(14)21-12-16(19)18-10-11-20-13-6-2-1-3-7-13/h1-9H,10-12,17H2,(H,18,19). The first kappa shape index (κ1) is 14.7. The number of carbonyl (C=O) groups excluding carboxylic acids is 1. The SMILES string of the molecule is Nc1ccccc1OCC(=O)NCCOc1ccccc1. The Balaban J connectivity index is 1.63. The van der Waals surface area contributed by atoms with Crippen molar-refractivity contribution in [3.05, 3.63) is 54.6 Å². The molecule has 0 atom stereocenters. The van der Waals surface area contributed by atoms with Crippen molar-refractivity contribution in [2.24, 2.45) is 0 Å². The van der Waals surface area contributed by atoms with Gasteiger partial charge in [0.25, 0.3) is 5.91 Å². The molecule has 0 saturated carbocycles. The minimum Gasteiger partial charge on any atom is -0.492 e. The lowest BCUT2D eigenvalue weighted by molar-refractivity contribution is -0.123. The number of carbonyl (C=O) groups is 1. The van der Waals surface area contributed by atoms with E-state index >= 15 is 0 Å². The first-order valence-corrected chi connectivity index (χ1v) is 6.67. The van der Waals surface area contributed by atoms with Crippen LogP contribution in [0.5, 0.6) is 11.5 Å². The molecule has 0 radical (unpaired) electrons. The van der Waals surface area contributed by atoms with Crippen LogP contribution in [0.2, 0.25) is 0 Å². The van der Waals surface area contributed by atoms with Crippen molar-refractivity contribution in [2.45, 2.75) is 0 Å². The molecule has 1 amide bonds. The smallest absolute Gasteiger partial charge is 0.258 e. The van der Waals surface area contributed by atoms with Gasteiger partial charge in [-0.3, -0.25) is 4.79 Å². The number of amides is 1. The van der Waals surface area contributed by atoms with E-state index in [0.717, 1.165) is 5.75 Å². The van der Waals surface area contributed by atoms with E-state index in [1.807, 2.05) is 36.4 Å². The summed E-state index contributed by atoms with van der Waals surface area (Å²) in [5.74, 6) is 1.07. The van der Waals surface area contributed by atoms with Gasteiger partial charge in [0.1, 0.15) is 18.1 Å². The van der Waals surface area contributed by atoms with Crippen LogP contribution in [0, 0.1) is 0 Å². The number of hydrogen-bond donors (Lipinski definition) is 2. The molecule has 0 heterocycles. The molecule has 2 aromatic carbocycles. The summed E-state index contributed by atoms with van der Waals surface area (Å²) in [5.41, 5.74) is 6.23. The van der Waals surface area contributed by atoms with E-state index in [9.17, 15) is 4.79 Å². The molecule has 21 heavy (non-hydrogen) atoms. The first-order chi connectivity index (χ1) is 10.3. The maximum absolute atomic E-state index is 11.6. The van der Waals surface area contributed by atoms with Gasteiger partial charge >= 0.3 is 0 Å². The number of ether oxygens (including phenoxy) is 2. The van der Waals surface area contributed by atoms with Crippen LogP contribution in [-0.4, -0.2) is 25.7 Å². The second-order valence-corrected chi connectivity index (χ2v) is 4.34. The Labute approximate surface area is 123 Å². The quantitative estimate of drug-likeness (QED) is 0.601. The molecule has 0 aromatic heterocycles. The monoisotopic (exact) mass is 286 g/mol. The number of nitrogens with two attached hydrogens (primary N) is 1. The molecule has 0 spiro atoms. The Hall–Kier alpha value is -2.69. The van der Waals surface area contributed by atoms with Gasteiger partial charge in [0.2, 0.25) is 0 Å². The van der Waals surface area contributed by atoms with Crippen molar-refractivity contribution in [1.29, 1.82) is 0 Å². The molecule has 0 bridgehead atoms. The third kappa shape index (κ3) is 5.06. The number of anilines is 1. The van der Waals surface area contributed by atoms with Crippen molar-refractivity contribution >= 4 is 11.6 Å². The molecular weight excluding hydrogens is 268 g/mol. The van der Waals surface area contributed by atoms with E-state index in [-0.39, 0.29) is 12.5 Å². The summed E-state index contributed by atoms with van der Waals surface area (Å²) in [6.45, 7) is 0.754. The lowest BCUT2D eigenvalue weighted by atomic mass is 10.3. The van der Waals surface area contributed by atoms with Gasteiger partial charge < -0.3 is 20.5 Å². The van der Waals surface area contributed by atoms with Crippen LogP contribution in [0.1, 0.15) is 0 Å². The molecule has 0 aliphatic rings. The Morgan fingerprint density at radius 1 is 1.00 bits per heavy atom. The summed E-state index contributed by atoms with van der Waals surface area (Å²) < 4.78 is 10.8. The van der Waals surface area contributed by atoms with E-state index in [1.165, 1.54) is 0 Å². The zero-order chi connectivity index (χ0) is 14.9. The molecule has 0 fully saturated rings. The summed E-state index contributed by atoms with van der Waals surface area (Å²) in [4.78, 5) is 11.6. The zero-order valence-corrected chi connectivity index (χ0v) is 11.6. The highest BCUT2D eigenvalue weighted by atomic mass is 16.5. The Kier molecular flexibility index (Phi) is 5.46. The van der Waals surface area contributed by atoms with Gasteiger partial charge in [-0.05, 0) is 24.3 Å². The van der Waals surface area contributed by atoms with E-state index < -0.39 is 0 Å². The van der Waals surface area contributed by atoms with Crippen molar-refractivity contribution in [2.75, 3.05) is 25.5 Å². The molecule has 0 saturated heterocycles. The van der Waals surface area contributed by atoms with E-state index in [4.69, 9.17) is 15.2 Å². The third-order valence-corrected chi connectivity index (χ3v) is 2.71. The van der Waals surface area contributed by atoms with Gasteiger partial charge in [-0.25, -0.2) is 0 Å². The summed E-state index contributed by atoms with van der Waals surface area (Å²) in [7, 11) is 0. The highest BCUT2D eigenvalue weighted by Gasteiger charge is 2.04. The number of hydrogen-bond acceptors (Lipinski definition) is 4. The summed E-state index contributed by atoms with van der Waals surface area (Å²) in [6.07, 6.45) is 0. The number of benzene rings is 2. The fourth-order valence-corrected chi connectivity index (χ4v) is 1.68. The van der Waals surface area contributed by atoms with Crippen LogP contribution in [-0.2, 0) is 4.79 Å². The lowest BCUT2D eigenvalue weighted by Gasteiger charge is -2.10. The maximum Gasteiger partial charge on any atom is 0.258 e. The van der Waals surface area contributed by atoms with Gasteiger partial charge in [-0.15, -0.1) is 0 Å². The van der Waals surface area contributed by atoms with Gasteiger partial charge in [-0.1, -0.05) is 30.3 Å². The second-order valence-electron chi connectivity index (χ2n) is 4.34. The summed E-state index contributed by atoms with van der Waals surface area (Å²) >= 11 is 0. The lowest BCUT2D eigenvalue weighted by Crippen LogP contribution is -2.32. The molecule has 5 heteroatoms. The van der Waals surface area contributed by atoms with Crippen LogP contribution in [0.4, 0.5) is 5.69 Å². The van der Waals surface area contributed by atoms with Gasteiger partial charge in [0, 0.05) is 0 Å². The average Bonchev–Trinajstić information content (AvgIpc) is 2.52. The van der Waals surface area contributed by atoms with Crippen LogP contribution < -0.4 is 20.5 Å². The molecule has 5 nitrogen and oxygen atoms in total. The van der Waals surface area contributed by atoms with Crippen molar-refractivity contribution in [1.82, 2.24) is 5.32 Å². The second kappa shape index (κ2) is 7.79. The fourth-order valence-electron chi connectivity index (χ4n) is 1.68. The molecular formula is C16H18N2O3. The van der Waals surface area contributed by atoms with Crippen LogP contribution in [0.15, 0.2) is 54.6 Å². The Bertz CT molecular complexity index is 573. The van der Waals surface area contributed by atoms with E-state index in [2.05, 4.69) is 5.32 Å². The predicted octanol–water partition coefficient (Wildman–Crippen LogP) is 1.84. The normalized spacial score (nSPS) is 9.90. The highest BCUT2D eigenvalue weighted by Crippen LogP contribution is 2.19. The third-order valence-electron chi connectivity index (χ3n) is 2.71. The van der Waals surface area contributed by atoms with Crippen LogP contribution >= 0.6 is 0 Å². The minimum absolute atomic E-state index is 0.0699. The Morgan fingerprint density at radius 3 is 2.48 bits per heavy atom. The van der Waals surface area contributed by atoms with Gasteiger partial charge in [0.15, 0.2) is 6.61 Å². The molecule has 0 unspecified atom stereocenters. The summed E-state index contributed by atoms with van der Waals surface area (Å²) in [5, 5.41) is 2.71. The number of nitrogens with one attached hydrogen (secondary N) is 1. The largest absolute Gasteiger partial charge is 0.492 e. The molecule has 2 rings (SSSR count). The summed E-state index contributed by atoms with van der Waals surface area (Å²) in [6, 6.07) is 16.5. The van der Waals surface area contributed by atoms with Crippen LogP contribution in [0.25, 0.3) is 0 Å². The highest BCUT2D eigenvalue weighted by molar-refractivity contribution is 5.77. The minimum atomic E-state index is -0.213. The number of para-hydroxylation sites is 3. The molecule has 0 aliphatic heterocycles. The topological polar surface area (TPSA) is 73.6 Å². The Morgan fingerprint density at radius 2 is 1.71 bits per heavy atom. The fraction of sp³-hybridized carbons (Fsp3) is 0.188. The number of rotatable bonds is 7. The zero-order valence-electron chi connectivity index (χ0n) is 11.6. The molecule has 3 N–H and O–H groups in total. The van der Waals surface area contributed by atoms with Crippen molar-refractivity contribution < 1.29 is 14.3 Å². The van der Waals surface area contributed by atoms with Crippen LogP contribution in [0.3, 0.4) is 0 Å². The predicted molar refractivity (Wildman–Crippen MR) is 81.3 cm³/mol. The molecule has 0 aliphatic carbocycles. The van der Waals surface area contributed by atoms with E-state index in [1.54, 1.807) is 18.2 Å². The van der Waals surface area contributed by atoms with Crippen molar-refractivity contribution in [3.63, 3.8) is 0 Å². The van der Waals surface area contributed by atoms with Crippen molar-refractivity contribution in [3.8, 4) is 11.5 Å².